The lowest BCUT2D eigenvalue weighted by molar-refractivity contribution is -0.121. The van der Waals surface area contributed by atoms with E-state index in [1.54, 1.807) is 36.4 Å². The molecule has 1 N–H and O–H groups in total. The van der Waals surface area contributed by atoms with Gasteiger partial charge in [0.05, 0.1) is 23.6 Å². The lowest BCUT2D eigenvalue weighted by Gasteiger charge is -2.11. The average molecular weight is 407 g/mol. The zero-order valence-corrected chi connectivity index (χ0v) is 15.8. The van der Waals surface area contributed by atoms with Gasteiger partial charge in [0.25, 0.3) is 11.5 Å². The van der Waals surface area contributed by atoms with Gasteiger partial charge in [0, 0.05) is 16.0 Å². The first-order valence-corrected chi connectivity index (χ1v) is 9.11. The number of hydrogen-bond donors (Lipinski definition) is 1. The van der Waals surface area contributed by atoms with Crippen LogP contribution in [0, 0.1) is 0 Å². The van der Waals surface area contributed by atoms with Crippen LogP contribution in [0.25, 0.3) is 22.0 Å². The maximum atomic E-state index is 12.8. The van der Waals surface area contributed by atoms with E-state index in [-0.39, 0.29) is 12.1 Å². The molecule has 7 nitrogen and oxygen atoms in total. The highest BCUT2D eigenvalue weighted by molar-refractivity contribution is 6.30. The fraction of sp³-hybridized carbons (Fsp3) is 0.0476. The van der Waals surface area contributed by atoms with Crippen molar-refractivity contribution in [2.75, 3.05) is 0 Å². The highest BCUT2D eigenvalue weighted by Crippen LogP contribution is 2.25. The molecule has 0 aliphatic rings. The average Bonchev–Trinajstić information content (AvgIpc) is 3.24. The van der Waals surface area contributed by atoms with Gasteiger partial charge in [0.1, 0.15) is 12.3 Å². The molecule has 0 fully saturated rings. The summed E-state index contributed by atoms with van der Waals surface area (Å²) >= 11 is 5.98. The Bertz CT molecular complexity index is 1250. The molecule has 0 aliphatic heterocycles. The molecule has 0 atom stereocenters. The van der Waals surface area contributed by atoms with Crippen molar-refractivity contribution in [2.45, 2.75) is 6.54 Å². The van der Waals surface area contributed by atoms with E-state index in [0.29, 0.717) is 27.2 Å². The summed E-state index contributed by atoms with van der Waals surface area (Å²) in [5.74, 6) is 0.0102. The number of hydrazone groups is 1. The van der Waals surface area contributed by atoms with Crippen LogP contribution in [0.3, 0.4) is 0 Å². The topological polar surface area (TPSA) is 89.5 Å². The Morgan fingerprint density at radius 1 is 1.10 bits per heavy atom. The van der Waals surface area contributed by atoms with Crippen molar-refractivity contribution in [3.05, 3.63) is 88.1 Å². The Kier molecular flexibility index (Phi) is 5.22. The van der Waals surface area contributed by atoms with E-state index in [1.165, 1.54) is 12.5 Å². The third-order valence-electron chi connectivity index (χ3n) is 4.20. The Hall–Kier alpha value is -3.71. The number of nitrogens with zero attached hydrogens (tertiary/aromatic N) is 3. The van der Waals surface area contributed by atoms with Gasteiger partial charge >= 0.3 is 0 Å². The SMILES string of the molecule is O=C(Cn1nc(-c2ccc(Cl)cc2)c2ccccc2c1=O)N/N=C/c1ccco1. The van der Waals surface area contributed by atoms with E-state index in [1.807, 2.05) is 24.3 Å². The molecule has 0 aliphatic carbocycles. The van der Waals surface area contributed by atoms with Gasteiger partial charge in [-0.25, -0.2) is 10.1 Å². The minimum Gasteiger partial charge on any atom is -0.463 e. The Morgan fingerprint density at radius 3 is 2.59 bits per heavy atom. The van der Waals surface area contributed by atoms with E-state index >= 15 is 0 Å². The van der Waals surface area contributed by atoms with Crippen LogP contribution in [0.15, 0.2) is 81.2 Å². The molecular formula is C21H15ClN4O3. The maximum absolute atomic E-state index is 12.8. The molecular weight excluding hydrogens is 392 g/mol. The number of carbonyl (C=O) groups excluding carboxylic acids is 1. The summed E-state index contributed by atoms with van der Waals surface area (Å²) in [5.41, 5.74) is 3.38. The number of halogens is 1. The maximum Gasteiger partial charge on any atom is 0.275 e. The molecule has 1 amide bonds. The standard InChI is InChI=1S/C21H15ClN4O3/c22-15-9-7-14(8-10-15)20-17-5-1-2-6-18(17)21(28)26(25-20)13-19(27)24-23-12-16-4-3-11-29-16/h1-12H,13H2,(H,24,27)/b23-12+. The lowest BCUT2D eigenvalue weighted by Crippen LogP contribution is -2.32. The number of fused-ring (bicyclic) bond motifs is 1. The number of carbonyl (C=O) groups is 1. The molecule has 0 saturated carbocycles. The van der Waals surface area contributed by atoms with Crippen molar-refractivity contribution in [1.29, 1.82) is 0 Å². The number of aromatic nitrogens is 2. The second kappa shape index (κ2) is 8.12. The van der Waals surface area contributed by atoms with Gasteiger partial charge in [-0.05, 0) is 30.3 Å². The van der Waals surface area contributed by atoms with Crippen LogP contribution >= 0.6 is 11.6 Å². The molecule has 29 heavy (non-hydrogen) atoms. The number of nitrogens with one attached hydrogen (secondary N) is 1. The second-order valence-corrected chi connectivity index (χ2v) is 6.61. The van der Waals surface area contributed by atoms with Crippen LogP contribution < -0.4 is 11.0 Å². The fourth-order valence-corrected chi connectivity index (χ4v) is 2.99. The first-order chi connectivity index (χ1) is 14.1. The highest BCUT2D eigenvalue weighted by Gasteiger charge is 2.14. The molecule has 4 aromatic rings. The lowest BCUT2D eigenvalue weighted by atomic mass is 10.1. The normalized spacial score (nSPS) is 11.2. The quantitative estimate of drug-likeness (QED) is 0.406. The highest BCUT2D eigenvalue weighted by atomic mass is 35.5. The van der Waals surface area contributed by atoms with Crippen molar-refractivity contribution in [1.82, 2.24) is 15.2 Å². The summed E-state index contributed by atoms with van der Waals surface area (Å²) in [7, 11) is 0. The van der Waals surface area contributed by atoms with Gasteiger partial charge in [-0.2, -0.15) is 10.2 Å². The minimum atomic E-state index is -0.486. The largest absolute Gasteiger partial charge is 0.463 e. The van der Waals surface area contributed by atoms with E-state index in [2.05, 4.69) is 15.6 Å². The van der Waals surface area contributed by atoms with E-state index < -0.39 is 5.91 Å². The molecule has 2 aromatic carbocycles. The van der Waals surface area contributed by atoms with Crippen LogP contribution in [0.5, 0.6) is 0 Å². The summed E-state index contributed by atoms with van der Waals surface area (Å²) < 4.78 is 6.23. The first kappa shape index (κ1) is 18.6. The predicted octanol–water partition coefficient (Wildman–Crippen LogP) is 3.46. The van der Waals surface area contributed by atoms with Crippen LogP contribution in [-0.4, -0.2) is 21.9 Å². The summed E-state index contributed by atoms with van der Waals surface area (Å²) in [6.07, 6.45) is 2.87. The minimum absolute atomic E-state index is 0.278. The van der Waals surface area contributed by atoms with Gasteiger partial charge < -0.3 is 4.42 Å². The molecule has 0 bridgehead atoms. The Morgan fingerprint density at radius 2 is 1.86 bits per heavy atom. The van der Waals surface area contributed by atoms with Crippen LogP contribution in [-0.2, 0) is 11.3 Å². The van der Waals surface area contributed by atoms with Crippen molar-refractivity contribution in [3.8, 4) is 11.3 Å². The molecule has 0 saturated heterocycles. The summed E-state index contributed by atoms with van der Waals surface area (Å²) in [5, 5.41) is 10.0. The molecule has 8 heteroatoms. The third kappa shape index (κ3) is 4.09. The number of hydrogen-bond acceptors (Lipinski definition) is 5. The Balaban J connectivity index is 1.67. The summed E-state index contributed by atoms with van der Waals surface area (Å²) in [6, 6.07) is 17.7. The van der Waals surface area contributed by atoms with Gasteiger partial charge in [-0.3, -0.25) is 9.59 Å². The van der Waals surface area contributed by atoms with E-state index in [9.17, 15) is 9.59 Å². The van der Waals surface area contributed by atoms with E-state index in [0.717, 1.165) is 10.2 Å². The third-order valence-corrected chi connectivity index (χ3v) is 4.45. The molecule has 0 unspecified atom stereocenters. The van der Waals surface area contributed by atoms with Crippen molar-refractivity contribution < 1.29 is 9.21 Å². The van der Waals surface area contributed by atoms with Crippen molar-refractivity contribution in [2.24, 2.45) is 5.10 Å². The molecule has 4 rings (SSSR count). The van der Waals surface area contributed by atoms with Gasteiger partial charge in [-0.1, -0.05) is 41.9 Å². The first-order valence-electron chi connectivity index (χ1n) is 8.73. The number of furan rings is 1. The fourth-order valence-electron chi connectivity index (χ4n) is 2.87. The smallest absolute Gasteiger partial charge is 0.275 e. The molecule has 0 radical (unpaired) electrons. The molecule has 144 valence electrons. The second-order valence-electron chi connectivity index (χ2n) is 6.17. The zero-order chi connectivity index (χ0) is 20.2. The summed E-state index contributed by atoms with van der Waals surface area (Å²) in [6.45, 7) is -0.278. The monoisotopic (exact) mass is 406 g/mol. The van der Waals surface area contributed by atoms with Gasteiger partial charge in [0.15, 0.2) is 0 Å². The zero-order valence-electron chi connectivity index (χ0n) is 15.1. The molecule has 2 aromatic heterocycles. The van der Waals surface area contributed by atoms with E-state index in [4.69, 9.17) is 16.0 Å². The van der Waals surface area contributed by atoms with Gasteiger partial charge in [0.2, 0.25) is 0 Å². The Labute approximate surface area is 170 Å². The molecule has 0 spiro atoms. The summed E-state index contributed by atoms with van der Waals surface area (Å²) in [4.78, 5) is 25.1. The van der Waals surface area contributed by atoms with Gasteiger partial charge in [-0.15, -0.1) is 0 Å². The van der Waals surface area contributed by atoms with Crippen LogP contribution in [0.1, 0.15) is 5.76 Å². The van der Waals surface area contributed by atoms with Crippen LogP contribution in [0.2, 0.25) is 5.02 Å². The number of amides is 1. The number of benzene rings is 2. The molecule has 2 heterocycles. The van der Waals surface area contributed by atoms with Crippen molar-refractivity contribution >= 4 is 34.5 Å². The predicted molar refractivity (Wildman–Crippen MR) is 111 cm³/mol. The van der Waals surface area contributed by atoms with Crippen molar-refractivity contribution in [3.63, 3.8) is 0 Å². The van der Waals surface area contributed by atoms with Crippen LogP contribution in [0.4, 0.5) is 0 Å². The number of rotatable bonds is 5.